The number of nitrogens with one attached hydrogen (secondary N) is 1. The Balaban J connectivity index is 1.50. The van der Waals surface area contributed by atoms with Crippen LogP contribution in [0.1, 0.15) is 17.3 Å². The topological polar surface area (TPSA) is 68.3 Å². The highest BCUT2D eigenvalue weighted by Crippen LogP contribution is 2.23. The maximum atomic E-state index is 12.7. The van der Waals surface area contributed by atoms with Gasteiger partial charge in [-0.15, -0.1) is 0 Å². The van der Waals surface area contributed by atoms with Gasteiger partial charge in [0.15, 0.2) is 6.10 Å². The molecule has 1 atom stereocenters. The first kappa shape index (κ1) is 18.9. The molecule has 4 aromatic rings. The fourth-order valence-corrected chi connectivity index (χ4v) is 3.30. The Kier molecular flexibility index (Phi) is 5.14. The second-order valence-corrected chi connectivity index (χ2v) is 7.00. The van der Waals surface area contributed by atoms with Crippen molar-refractivity contribution in [2.45, 2.75) is 13.0 Å². The number of amides is 1. The molecular formula is C23H17ClN2O3. The van der Waals surface area contributed by atoms with Gasteiger partial charge in [0.1, 0.15) is 5.15 Å². The van der Waals surface area contributed by atoms with E-state index in [9.17, 15) is 9.59 Å². The van der Waals surface area contributed by atoms with E-state index in [4.69, 9.17) is 16.3 Å². The minimum absolute atomic E-state index is 0.184. The summed E-state index contributed by atoms with van der Waals surface area (Å²) in [5, 5.41) is 5.67. The molecule has 4 rings (SSSR count). The van der Waals surface area contributed by atoms with E-state index in [1.807, 2.05) is 42.5 Å². The van der Waals surface area contributed by atoms with Gasteiger partial charge in [-0.05, 0) is 42.0 Å². The van der Waals surface area contributed by atoms with Crippen molar-refractivity contribution in [3.63, 3.8) is 0 Å². The Morgan fingerprint density at radius 2 is 1.69 bits per heavy atom. The van der Waals surface area contributed by atoms with Crippen molar-refractivity contribution in [1.29, 1.82) is 0 Å². The zero-order valence-electron chi connectivity index (χ0n) is 15.6. The molecule has 0 fully saturated rings. The quantitative estimate of drug-likeness (QED) is 0.373. The second-order valence-electron chi connectivity index (χ2n) is 6.61. The van der Waals surface area contributed by atoms with Crippen LogP contribution in [0.2, 0.25) is 5.15 Å². The minimum Gasteiger partial charge on any atom is -0.449 e. The van der Waals surface area contributed by atoms with E-state index >= 15 is 0 Å². The summed E-state index contributed by atoms with van der Waals surface area (Å²) < 4.78 is 5.38. The zero-order chi connectivity index (χ0) is 20.4. The fourth-order valence-electron chi connectivity index (χ4n) is 3.10. The van der Waals surface area contributed by atoms with Crippen LogP contribution in [0, 0.1) is 0 Å². The van der Waals surface area contributed by atoms with Crippen molar-refractivity contribution < 1.29 is 14.3 Å². The van der Waals surface area contributed by atoms with Gasteiger partial charge in [-0.1, -0.05) is 60.1 Å². The number of ether oxygens (including phenoxy) is 1. The minimum atomic E-state index is -0.986. The number of anilines is 1. The van der Waals surface area contributed by atoms with Gasteiger partial charge < -0.3 is 10.1 Å². The highest BCUT2D eigenvalue weighted by molar-refractivity contribution is 6.30. The van der Waals surface area contributed by atoms with Crippen LogP contribution < -0.4 is 5.32 Å². The number of pyridine rings is 1. The molecule has 0 radical (unpaired) electrons. The number of esters is 1. The molecular weight excluding hydrogens is 388 g/mol. The Morgan fingerprint density at radius 1 is 0.966 bits per heavy atom. The molecule has 1 aromatic heterocycles. The van der Waals surface area contributed by atoms with Gasteiger partial charge in [-0.25, -0.2) is 9.78 Å². The number of hydrogen-bond acceptors (Lipinski definition) is 4. The summed E-state index contributed by atoms with van der Waals surface area (Å²) in [6.07, 6.45) is -0.986. The molecule has 29 heavy (non-hydrogen) atoms. The van der Waals surface area contributed by atoms with Crippen LogP contribution in [-0.4, -0.2) is 23.0 Å². The van der Waals surface area contributed by atoms with Crippen molar-refractivity contribution >= 4 is 50.8 Å². The lowest BCUT2D eigenvalue weighted by atomic mass is 10.1. The summed E-state index contributed by atoms with van der Waals surface area (Å²) in [5.41, 5.74) is 1.49. The molecule has 3 aromatic carbocycles. The van der Waals surface area contributed by atoms with Crippen LogP contribution in [0.25, 0.3) is 21.7 Å². The van der Waals surface area contributed by atoms with Crippen molar-refractivity contribution in [2.24, 2.45) is 0 Å². The Morgan fingerprint density at radius 3 is 2.52 bits per heavy atom. The number of benzene rings is 3. The molecule has 1 N–H and O–H groups in total. The summed E-state index contributed by atoms with van der Waals surface area (Å²) in [6.45, 7) is 1.53. The fraction of sp³-hybridized carbons (Fsp3) is 0.0870. The molecule has 6 heteroatoms. The number of carbonyl (C=O) groups excluding carboxylic acids is 2. The number of aromatic nitrogens is 1. The van der Waals surface area contributed by atoms with E-state index in [0.29, 0.717) is 16.6 Å². The lowest BCUT2D eigenvalue weighted by Gasteiger charge is -2.15. The first-order valence-corrected chi connectivity index (χ1v) is 9.45. The zero-order valence-corrected chi connectivity index (χ0v) is 16.3. The molecule has 0 saturated carbocycles. The van der Waals surface area contributed by atoms with E-state index in [1.54, 1.807) is 24.3 Å². The molecule has 0 saturated heterocycles. The van der Waals surface area contributed by atoms with Crippen LogP contribution >= 0.6 is 11.6 Å². The van der Waals surface area contributed by atoms with Gasteiger partial charge in [0, 0.05) is 11.1 Å². The standard InChI is InChI=1S/C23H17ClN2O3/c1-14(22(27)25-17-11-10-15-6-2-3-7-16(15)12-17)29-23(28)19-13-21(24)26-20-9-5-4-8-18(19)20/h2-14H,1H3,(H,25,27)/t14-/m0/s1. The molecule has 0 aliphatic rings. The van der Waals surface area contributed by atoms with Gasteiger partial charge in [-0.3, -0.25) is 4.79 Å². The molecule has 0 spiro atoms. The van der Waals surface area contributed by atoms with Gasteiger partial charge in [-0.2, -0.15) is 0 Å². The summed E-state index contributed by atoms with van der Waals surface area (Å²) in [6, 6.07) is 22.0. The summed E-state index contributed by atoms with van der Waals surface area (Å²) in [7, 11) is 0. The van der Waals surface area contributed by atoms with E-state index < -0.39 is 18.0 Å². The average Bonchev–Trinajstić information content (AvgIpc) is 2.72. The third kappa shape index (κ3) is 4.05. The predicted octanol–water partition coefficient (Wildman–Crippen LogP) is 5.23. The molecule has 144 valence electrons. The third-order valence-electron chi connectivity index (χ3n) is 4.57. The maximum absolute atomic E-state index is 12.7. The number of para-hydroxylation sites is 1. The number of carbonyl (C=O) groups is 2. The highest BCUT2D eigenvalue weighted by atomic mass is 35.5. The maximum Gasteiger partial charge on any atom is 0.339 e. The van der Waals surface area contributed by atoms with Crippen molar-refractivity contribution in [1.82, 2.24) is 4.98 Å². The first-order chi connectivity index (χ1) is 14.0. The average molecular weight is 405 g/mol. The number of rotatable bonds is 4. The molecule has 1 amide bonds. The Bertz CT molecular complexity index is 1240. The SMILES string of the molecule is C[C@H](OC(=O)c1cc(Cl)nc2ccccc12)C(=O)Nc1ccc2ccccc2c1. The summed E-state index contributed by atoms with van der Waals surface area (Å²) in [5.74, 6) is -1.05. The lowest BCUT2D eigenvalue weighted by molar-refractivity contribution is -0.123. The molecule has 0 bridgehead atoms. The molecule has 5 nitrogen and oxygen atoms in total. The van der Waals surface area contributed by atoms with Crippen molar-refractivity contribution in [3.05, 3.63) is 83.5 Å². The normalized spacial score (nSPS) is 11.9. The summed E-state index contributed by atoms with van der Waals surface area (Å²) >= 11 is 6.02. The van der Waals surface area contributed by atoms with Crippen molar-refractivity contribution in [3.8, 4) is 0 Å². The van der Waals surface area contributed by atoms with Gasteiger partial charge in [0.2, 0.25) is 0 Å². The van der Waals surface area contributed by atoms with Crippen LogP contribution in [0.5, 0.6) is 0 Å². The van der Waals surface area contributed by atoms with E-state index in [2.05, 4.69) is 10.3 Å². The summed E-state index contributed by atoms with van der Waals surface area (Å²) in [4.78, 5) is 29.4. The first-order valence-electron chi connectivity index (χ1n) is 9.07. The number of hydrogen-bond donors (Lipinski definition) is 1. The van der Waals surface area contributed by atoms with Crippen LogP contribution in [0.15, 0.2) is 72.8 Å². The van der Waals surface area contributed by atoms with Gasteiger partial charge in [0.05, 0.1) is 11.1 Å². The molecule has 0 unspecified atom stereocenters. The molecule has 1 heterocycles. The largest absolute Gasteiger partial charge is 0.449 e. The lowest BCUT2D eigenvalue weighted by Crippen LogP contribution is -2.30. The highest BCUT2D eigenvalue weighted by Gasteiger charge is 2.21. The van der Waals surface area contributed by atoms with Crippen molar-refractivity contribution in [2.75, 3.05) is 5.32 Å². The number of nitrogens with zero attached hydrogens (tertiary/aromatic N) is 1. The Hall–Kier alpha value is -3.44. The second kappa shape index (κ2) is 7.89. The monoisotopic (exact) mass is 404 g/mol. The van der Waals surface area contributed by atoms with Crippen LogP contribution in [0.3, 0.4) is 0 Å². The van der Waals surface area contributed by atoms with E-state index in [1.165, 1.54) is 13.0 Å². The number of fused-ring (bicyclic) bond motifs is 2. The number of halogens is 1. The predicted molar refractivity (Wildman–Crippen MR) is 114 cm³/mol. The van der Waals surface area contributed by atoms with Crippen LogP contribution in [0.4, 0.5) is 5.69 Å². The van der Waals surface area contributed by atoms with E-state index in [0.717, 1.165) is 10.8 Å². The molecule has 0 aliphatic carbocycles. The van der Waals surface area contributed by atoms with E-state index in [-0.39, 0.29) is 10.7 Å². The smallest absolute Gasteiger partial charge is 0.339 e. The molecule has 0 aliphatic heterocycles. The Labute approximate surface area is 172 Å². The van der Waals surface area contributed by atoms with Crippen LogP contribution in [-0.2, 0) is 9.53 Å². The van der Waals surface area contributed by atoms with Gasteiger partial charge >= 0.3 is 5.97 Å². The third-order valence-corrected chi connectivity index (χ3v) is 4.77. The van der Waals surface area contributed by atoms with Gasteiger partial charge in [0.25, 0.3) is 5.91 Å².